The van der Waals surface area contributed by atoms with Crippen molar-refractivity contribution in [2.45, 2.75) is 39.5 Å². The summed E-state index contributed by atoms with van der Waals surface area (Å²) in [5.74, 6) is 0. The lowest BCUT2D eigenvalue weighted by Gasteiger charge is -2.27. The summed E-state index contributed by atoms with van der Waals surface area (Å²) in [6.07, 6.45) is 4.16. The smallest absolute Gasteiger partial charge is 0.474 e. The van der Waals surface area contributed by atoms with Crippen molar-refractivity contribution < 1.29 is 18.0 Å². The second-order valence-corrected chi connectivity index (χ2v) is 6.17. The van der Waals surface area contributed by atoms with Gasteiger partial charge in [-0.05, 0) is 19.4 Å². The van der Waals surface area contributed by atoms with Crippen molar-refractivity contribution in [3.05, 3.63) is 12.3 Å². The lowest BCUT2D eigenvalue weighted by atomic mass is 10.5. The van der Waals surface area contributed by atoms with Crippen LogP contribution >= 0.6 is 0 Å². The van der Waals surface area contributed by atoms with Crippen LogP contribution in [0.4, 0.5) is 0 Å². The second-order valence-electron chi connectivity index (χ2n) is 3.05. The van der Waals surface area contributed by atoms with Gasteiger partial charge in [-0.3, -0.25) is 0 Å². The van der Waals surface area contributed by atoms with Gasteiger partial charge in [-0.2, -0.15) is 0 Å². The summed E-state index contributed by atoms with van der Waals surface area (Å²) < 4.78 is 21.6. The number of hydrogen-bond acceptors (Lipinski definition) is 4. The van der Waals surface area contributed by atoms with E-state index in [2.05, 4.69) is 0 Å². The minimum absolute atomic E-state index is 0.348. The van der Waals surface area contributed by atoms with Crippen LogP contribution < -0.4 is 0 Å². The summed E-state index contributed by atoms with van der Waals surface area (Å²) in [6, 6.07) is 0.727. The zero-order chi connectivity index (χ0) is 11.7. The quantitative estimate of drug-likeness (QED) is 0.367. The first-order chi connectivity index (χ1) is 7.14. The Kier molecular flexibility index (Phi) is 7.68. The Labute approximate surface area is 93.5 Å². The molecule has 5 heteroatoms. The molecule has 90 valence electrons. The molecule has 0 saturated heterocycles. The van der Waals surface area contributed by atoms with Gasteiger partial charge in [0.2, 0.25) is 0 Å². The Balaban J connectivity index is 4.10. The maximum Gasteiger partial charge on any atom is 0.502 e. The van der Waals surface area contributed by atoms with Crippen LogP contribution in [0.5, 0.6) is 0 Å². The SMILES string of the molecule is CCC=COC(C)O[Si](CC)(OC)OC. The fourth-order valence-corrected chi connectivity index (χ4v) is 2.76. The zero-order valence-electron chi connectivity index (χ0n) is 10.3. The second kappa shape index (κ2) is 7.87. The number of ether oxygens (including phenoxy) is 1. The third-order valence-electron chi connectivity index (χ3n) is 2.00. The molecule has 0 N–H and O–H groups in total. The summed E-state index contributed by atoms with van der Waals surface area (Å²) in [4.78, 5) is 0. The van der Waals surface area contributed by atoms with E-state index in [4.69, 9.17) is 18.0 Å². The minimum Gasteiger partial charge on any atom is -0.474 e. The molecule has 0 aromatic carbocycles. The van der Waals surface area contributed by atoms with Gasteiger partial charge in [-0.25, -0.2) is 0 Å². The van der Waals surface area contributed by atoms with Crippen molar-refractivity contribution in [3.8, 4) is 0 Å². The molecule has 0 spiro atoms. The van der Waals surface area contributed by atoms with E-state index in [-0.39, 0.29) is 6.29 Å². The Hall–Kier alpha value is -0.363. The molecule has 0 saturated carbocycles. The van der Waals surface area contributed by atoms with Crippen LogP contribution in [-0.4, -0.2) is 29.3 Å². The van der Waals surface area contributed by atoms with E-state index >= 15 is 0 Å². The molecule has 0 aliphatic heterocycles. The fourth-order valence-electron chi connectivity index (χ4n) is 1.09. The van der Waals surface area contributed by atoms with E-state index in [9.17, 15) is 0 Å². The largest absolute Gasteiger partial charge is 0.502 e. The van der Waals surface area contributed by atoms with Crippen molar-refractivity contribution in [2.24, 2.45) is 0 Å². The summed E-state index contributed by atoms with van der Waals surface area (Å²) in [5.41, 5.74) is 0. The third-order valence-corrected chi connectivity index (χ3v) is 4.80. The van der Waals surface area contributed by atoms with Gasteiger partial charge < -0.3 is 18.0 Å². The Morgan fingerprint density at radius 3 is 2.20 bits per heavy atom. The summed E-state index contributed by atoms with van der Waals surface area (Å²) in [7, 11) is 0.710. The standard InChI is InChI=1S/C10H22O4Si/c1-6-8-9-13-10(3)14-15(7-2,11-4)12-5/h8-10H,6-7H2,1-5H3. The van der Waals surface area contributed by atoms with Crippen LogP contribution in [0.3, 0.4) is 0 Å². The highest BCUT2D eigenvalue weighted by atomic mass is 28.4. The van der Waals surface area contributed by atoms with Gasteiger partial charge in [0, 0.05) is 20.3 Å². The Morgan fingerprint density at radius 1 is 1.20 bits per heavy atom. The summed E-state index contributed by atoms with van der Waals surface area (Å²) in [6.45, 7) is 5.85. The molecule has 0 aliphatic rings. The topological polar surface area (TPSA) is 36.9 Å². The van der Waals surface area contributed by atoms with Crippen molar-refractivity contribution in [2.75, 3.05) is 14.2 Å². The molecule has 4 nitrogen and oxygen atoms in total. The average Bonchev–Trinajstić information content (AvgIpc) is 2.26. The molecular formula is C10H22O4Si. The highest BCUT2D eigenvalue weighted by Crippen LogP contribution is 2.15. The van der Waals surface area contributed by atoms with E-state index in [1.807, 2.05) is 26.8 Å². The van der Waals surface area contributed by atoms with Gasteiger partial charge >= 0.3 is 8.80 Å². The molecule has 0 bridgehead atoms. The average molecular weight is 234 g/mol. The Morgan fingerprint density at radius 2 is 1.80 bits per heavy atom. The predicted octanol–water partition coefficient (Wildman–Crippen LogP) is 2.54. The van der Waals surface area contributed by atoms with Gasteiger partial charge in [-0.1, -0.05) is 13.8 Å². The van der Waals surface area contributed by atoms with Gasteiger partial charge in [0.05, 0.1) is 6.26 Å². The molecule has 1 atom stereocenters. The van der Waals surface area contributed by atoms with Gasteiger partial charge in [0.15, 0.2) is 6.29 Å². The molecule has 0 aromatic rings. The maximum atomic E-state index is 5.65. The zero-order valence-corrected chi connectivity index (χ0v) is 11.3. The van der Waals surface area contributed by atoms with E-state index in [1.165, 1.54) is 0 Å². The molecule has 15 heavy (non-hydrogen) atoms. The van der Waals surface area contributed by atoms with E-state index in [0.717, 1.165) is 12.5 Å². The number of hydrogen-bond donors (Lipinski definition) is 0. The normalized spacial score (nSPS) is 14.5. The van der Waals surface area contributed by atoms with Crippen LogP contribution in [0.25, 0.3) is 0 Å². The van der Waals surface area contributed by atoms with Crippen molar-refractivity contribution >= 4 is 8.80 Å². The lowest BCUT2D eigenvalue weighted by Crippen LogP contribution is -2.45. The summed E-state index contributed by atoms with van der Waals surface area (Å²) in [5, 5.41) is 0. The first-order valence-corrected chi connectivity index (χ1v) is 7.15. The molecule has 0 rings (SSSR count). The first-order valence-electron chi connectivity index (χ1n) is 5.22. The van der Waals surface area contributed by atoms with Crippen molar-refractivity contribution in [1.82, 2.24) is 0 Å². The number of allylic oxidation sites excluding steroid dienone is 1. The van der Waals surface area contributed by atoms with Crippen LogP contribution in [0.2, 0.25) is 6.04 Å². The van der Waals surface area contributed by atoms with Crippen LogP contribution in [0, 0.1) is 0 Å². The molecule has 0 radical (unpaired) electrons. The van der Waals surface area contributed by atoms with E-state index < -0.39 is 8.80 Å². The van der Waals surface area contributed by atoms with E-state index in [0.29, 0.717) is 0 Å². The van der Waals surface area contributed by atoms with Gasteiger partial charge in [-0.15, -0.1) is 0 Å². The third kappa shape index (κ3) is 5.32. The first kappa shape index (κ1) is 14.6. The number of rotatable bonds is 8. The lowest BCUT2D eigenvalue weighted by molar-refractivity contribution is -0.0645. The van der Waals surface area contributed by atoms with Crippen LogP contribution in [0.15, 0.2) is 12.3 Å². The van der Waals surface area contributed by atoms with Gasteiger partial charge in [0.25, 0.3) is 0 Å². The van der Waals surface area contributed by atoms with Crippen LogP contribution in [0.1, 0.15) is 27.2 Å². The fraction of sp³-hybridized carbons (Fsp3) is 0.800. The van der Waals surface area contributed by atoms with Crippen molar-refractivity contribution in [3.63, 3.8) is 0 Å². The molecule has 0 aliphatic carbocycles. The van der Waals surface area contributed by atoms with Crippen molar-refractivity contribution in [1.29, 1.82) is 0 Å². The highest BCUT2D eigenvalue weighted by Gasteiger charge is 2.38. The Bertz CT molecular complexity index is 172. The molecule has 0 aromatic heterocycles. The van der Waals surface area contributed by atoms with Gasteiger partial charge in [0.1, 0.15) is 0 Å². The minimum atomic E-state index is -2.50. The molecule has 0 amide bonds. The predicted molar refractivity (Wildman–Crippen MR) is 61.3 cm³/mol. The highest BCUT2D eigenvalue weighted by molar-refractivity contribution is 6.60. The monoisotopic (exact) mass is 234 g/mol. The molecule has 0 fully saturated rings. The maximum absolute atomic E-state index is 5.65. The van der Waals surface area contributed by atoms with E-state index in [1.54, 1.807) is 20.5 Å². The molecular weight excluding hydrogens is 212 g/mol. The summed E-state index contributed by atoms with van der Waals surface area (Å²) >= 11 is 0. The van der Waals surface area contributed by atoms with Crippen LogP contribution in [-0.2, 0) is 18.0 Å². The molecule has 0 heterocycles. The molecule has 1 unspecified atom stereocenters.